The average Bonchev–Trinajstić information content (AvgIpc) is 0.918. The Labute approximate surface area is 52.2 Å². The number of rotatable bonds is 0. The zero-order chi connectivity index (χ0) is 2.71. The average molecular weight is 235 g/mol. The molecule has 0 rings (SSSR count). The molecular weight excluding hydrogens is 235 g/mol. The summed E-state index contributed by atoms with van der Waals surface area (Å²) in [6, 6.07) is 0. The summed E-state index contributed by atoms with van der Waals surface area (Å²) in [6.07, 6.45) is 0. The van der Waals surface area contributed by atoms with E-state index in [4.69, 9.17) is 0 Å². The third-order valence-corrected chi connectivity index (χ3v) is 0. The molecule has 0 unspecified atom stereocenters. The van der Waals surface area contributed by atoms with Crippen molar-refractivity contribution in [3.63, 3.8) is 0 Å². The molecule has 0 N–H and O–H groups in total. The molecule has 0 aliphatic carbocycles. The smallest absolute Gasteiger partial charge is 0.115 e. The van der Waals surface area contributed by atoms with Crippen LogP contribution < -0.4 is 0 Å². The number of hydrogen-bond donors (Lipinski definition) is 0. The molecule has 1 radical (unpaired) electrons. The summed E-state index contributed by atoms with van der Waals surface area (Å²) in [4.78, 5) is 0. The maximum absolute atomic E-state index is 3.88. The Hall–Kier alpha value is 1.43. The maximum Gasteiger partial charge on any atom is 0.115 e. The molecule has 0 atom stereocenters. The molecule has 0 aliphatic rings. The van der Waals surface area contributed by atoms with E-state index in [1.807, 2.05) is 0 Å². The van der Waals surface area contributed by atoms with Gasteiger partial charge in [0.25, 0.3) is 0 Å². The van der Waals surface area contributed by atoms with Gasteiger partial charge in [0.2, 0.25) is 0 Å². The third-order valence-electron chi connectivity index (χ3n) is 0. The van der Waals surface area contributed by atoms with Crippen LogP contribution in [-0.2, 0) is 19.7 Å². The molecule has 0 saturated heterocycles. The predicted molar refractivity (Wildman–Crippen MR) is 18.9 cm³/mol. The van der Waals surface area contributed by atoms with Crippen molar-refractivity contribution in [3.8, 4) is 0 Å². The van der Waals surface area contributed by atoms with Crippen LogP contribution in [0.2, 0.25) is 0 Å². The van der Waals surface area contributed by atoms with Crippen LogP contribution in [0.15, 0.2) is 0 Å². The minimum atomic E-state index is 0. The Morgan fingerprint density at radius 2 is 1.25 bits per heavy atom. The van der Waals surface area contributed by atoms with Crippen LogP contribution >= 0.6 is 32.5 Å². The zero-order valence-corrected chi connectivity index (χ0v) is 5.71. The molecule has 0 aromatic heterocycles. The van der Waals surface area contributed by atoms with Gasteiger partial charge in [-0.1, -0.05) is 0 Å². The molecule has 0 aromatic rings. The van der Waals surface area contributed by atoms with Crippen molar-refractivity contribution in [3.05, 3.63) is 0 Å². The van der Waals surface area contributed by atoms with Crippen LogP contribution in [0.3, 0.4) is 0 Å². The third kappa shape index (κ3) is 9.91. The van der Waals surface area contributed by atoms with E-state index in [2.05, 4.69) is 35.4 Å². The predicted octanol–water partition coefficient (Wildman–Crippen LogP) is 1.62. The van der Waals surface area contributed by atoms with Crippen LogP contribution in [-0.4, -0.2) is 0 Å². The summed E-state index contributed by atoms with van der Waals surface area (Å²) in [6.45, 7) is 0. The molecule has 4 heteroatoms. The topological polar surface area (TPSA) is 9.23 Å². The Kier molecular flexibility index (Phi) is 20.0. The van der Waals surface area contributed by atoms with Gasteiger partial charge in [-0.25, -0.2) is 2.92 Å². The fourth-order valence-electron chi connectivity index (χ4n) is 0. The standard InChI is InChI=1S/Br2O.Co/c1-3-2;. The Balaban J connectivity index is 0. The van der Waals surface area contributed by atoms with Gasteiger partial charge in [0, 0.05) is 16.8 Å². The van der Waals surface area contributed by atoms with E-state index in [-0.39, 0.29) is 16.8 Å². The molecule has 1 nitrogen and oxygen atoms in total. The summed E-state index contributed by atoms with van der Waals surface area (Å²) in [7, 11) is 0. The van der Waals surface area contributed by atoms with Crippen molar-refractivity contribution in [2.45, 2.75) is 0 Å². The van der Waals surface area contributed by atoms with E-state index in [1.165, 1.54) is 0 Å². The van der Waals surface area contributed by atoms with Gasteiger partial charge in [-0.05, 0) is 0 Å². The summed E-state index contributed by atoms with van der Waals surface area (Å²) in [5, 5.41) is 0. The van der Waals surface area contributed by atoms with E-state index < -0.39 is 0 Å². The van der Waals surface area contributed by atoms with Gasteiger partial charge in [0.15, 0.2) is 0 Å². The van der Waals surface area contributed by atoms with E-state index in [0.717, 1.165) is 0 Å². The molecule has 0 amide bonds. The molecule has 0 heterocycles. The number of halogens is 2. The molecule has 0 aromatic carbocycles. The SMILES string of the molecule is BrOBr.[Co]. The van der Waals surface area contributed by atoms with Gasteiger partial charge < -0.3 is 0 Å². The van der Waals surface area contributed by atoms with E-state index in [1.54, 1.807) is 0 Å². The minimum absolute atomic E-state index is 0. The Bertz CT molecular complexity index is 6.00. The Morgan fingerprint density at radius 1 is 1.25 bits per heavy atom. The fourth-order valence-corrected chi connectivity index (χ4v) is 0. The second-order valence-electron chi connectivity index (χ2n) is 0.0583. The fraction of sp³-hybridized carbons (Fsp3) is 0. The normalized spacial score (nSPS) is 4.50. The molecule has 0 spiro atoms. The first-order chi connectivity index (χ1) is 1.41. The number of hydrogen-bond acceptors (Lipinski definition) is 1. The van der Waals surface area contributed by atoms with E-state index in [0.29, 0.717) is 0 Å². The van der Waals surface area contributed by atoms with Crippen LogP contribution in [0.5, 0.6) is 0 Å². The largest absolute Gasteiger partial charge is 0.230 e. The van der Waals surface area contributed by atoms with Crippen molar-refractivity contribution in [2.24, 2.45) is 0 Å². The summed E-state index contributed by atoms with van der Waals surface area (Å²) < 4.78 is 3.88. The van der Waals surface area contributed by atoms with Crippen molar-refractivity contribution in [1.82, 2.24) is 0 Å². The molecule has 0 aliphatic heterocycles. The zero-order valence-electron chi connectivity index (χ0n) is 1.50. The molecule has 0 fully saturated rings. The molecule has 0 saturated carbocycles. The van der Waals surface area contributed by atoms with E-state index >= 15 is 0 Å². The quantitative estimate of drug-likeness (QED) is 0.619. The van der Waals surface area contributed by atoms with Crippen LogP contribution in [0.1, 0.15) is 0 Å². The minimum Gasteiger partial charge on any atom is -0.230 e. The van der Waals surface area contributed by atoms with Crippen molar-refractivity contribution in [2.75, 3.05) is 0 Å². The molecule has 0 bridgehead atoms. The summed E-state index contributed by atoms with van der Waals surface area (Å²) in [5.74, 6) is 0. The summed E-state index contributed by atoms with van der Waals surface area (Å²) in [5.41, 5.74) is 0. The first kappa shape index (κ1) is 9.06. The first-order valence-electron chi connectivity index (χ1n) is 0.309. The molecular formula is Br2CoO. The van der Waals surface area contributed by atoms with Crippen molar-refractivity contribution in [1.29, 1.82) is 0 Å². The van der Waals surface area contributed by atoms with Gasteiger partial charge in [-0.2, -0.15) is 0 Å². The maximum atomic E-state index is 3.88. The molecule has 29 valence electrons. The van der Waals surface area contributed by atoms with Crippen molar-refractivity contribution >= 4 is 32.5 Å². The van der Waals surface area contributed by atoms with Crippen LogP contribution in [0.25, 0.3) is 0 Å². The van der Waals surface area contributed by atoms with Gasteiger partial charge in [0.05, 0.1) is 0 Å². The van der Waals surface area contributed by atoms with Crippen molar-refractivity contribution < 1.29 is 19.7 Å². The second-order valence-corrected chi connectivity index (χ2v) is 1.57. The van der Waals surface area contributed by atoms with Gasteiger partial charge in [0.1, 0.15) is 32.5 Å². The van der Waals surface area contributed by atoms with Crippen LogP contribution in [0.4, 0.5) is 0 Å². The summed E-state index contributed by atoms with van der Waals surface area (Å²) >= 11 is 5.12. The van der Waals surface area contributed by atoms with Gasteiger partial charge >= 0.3 is 0 Å². The Morgan fingerprint density at radius 3 is 1.25 bits per heavy atom. The molecule has 4 heavy (non-hydrogen) atoms. The van der Waals surface area contributed by atoms with E-state index in [9.17, 15) is 0 Å². The van der Waals surface area contributed by atoms with Gasteiger partial charge in [-0.3, -0.25) is 0 Å². The second kappa shape index (κ2) is 8.83. The monoisotopic (exact) mass is 233 g/mol. The van der Waals surface area contributed by atoms with Gasteiger partial charge in [-0.15, -0.1) is 0 Å². The first-order valence-corrected chi connectivity index (χ1v) is 1.60. The van der Waals surface area contributed by atoms with Crippen LogP contribution in [0, 0.1) is 0 Å².